The minimum absolute atomic E-state index is 0.351. The van der Waals surface area contributed by atoms with Gasteiger partial charge < -0.3 is 15.0 Å². The zero-order chi connectivity index (χ0) is 13.3. The van der Waals surface area contributed by atoms with Gasteiger partial charge in [0.1, 0.15) is 0 Å². The Morgan fingerprint density at radius 3 is 2.41 bits per heavy atom. The van der Waals surface area contributed by atoms with Crippen LogP contribution in [0.25, 0.3) is 0 Å². The highest BCUT2D eigenvalue weighted by atomic mass is 16.5. The summed E-state index contributed by atoms with van der Waals surface area (Å²) in [6, 6.07) is 0.604. The van der Waals surface area contributed by atoms with Crippen LogP contribution in [0.2, 0.25) is 0 Å². The quantitative estimate of drug-likeness (QED) is 0.630. The first kappa shape index (κ1) is 16.9. The van der Waals surface area contributed by atoms with Crippen LogP contribution in [-0.4, -0.2) is 50.8 Å². The lowest BCUT2D eigenvalue weighted by molar-refractivity contribution is 0.137. The average Bonchev–Trinajstić information content (AvgIpc) is 2.25. The molecule has 0 radical (unpaired) electrons. The first-order chi connectivity index (χ1) is 7.89. The lowest BCUT2D eigenvalue weighted by atomic mass is 9.87. The second-order valence-corrected chi connectivity index (χ2v) is 5.82. The number of ether oxygens (including phenoxy) is 1. The van der Waals surface area contributed by atoms with Crippen LogP contribution in [0.4, 0.5) is 0 Å². The Kier molecular flexibility index (Phi) is 8.83. The van der Waals surface area contributed by atoms with Crippen LogP contribution in [0, 0.1) is 5.41 Å². The number of nitrogens with zero attached hydrogens (tertiary/aromatic N) is 1. The van der Waals surface area contributed by atoms with Crippen LogP contribution in [-0.2, 0) is 4.74 Å². The second-order valence-electron chi connectivity index (χ2n) is 5.82. The molecule has 1 N–H and O–H groups in total. The SMILES string of the molecule is CCOCCCNCCN(C)C(C)C(C)(C)C. The van der Waals surface area contributed by atoms with Crippen molar-refractivity contribution in [2.75, 3.05) is 39.9 Å². The summed E-state index contributed by atoms with van der Waals surface area (Å²) in [4.78, 5) is 2.43. The van der Waals surface area contributed by atoms with E-state index in [2.05, 4.69) is 45.0 Å². The van der Waals surface area contributed by atoms with E-state index in [-0.39, 0.29) is 0 Å². The third-order valence-corrected chi connectivity index (χ3v) is 3.40. The van der Waals surface area contributed by atoms with Crippen LogP contribution in [0.3, 0.4) is 0 Å². The minimum atomic E-state index is 0.351. The second kappa shape index (κ2) is 8.90. The molecule has 0 aromatic heterocycles. The Hall–Kier alpha value is -0.120. The van der Waals surface area contributed by atoms with Crippen molar-refractivity contribution in [3.8, 4) is 0 Å². The van der Waals surface area contributed by atoms with Gasteiger partial charge in [0.2, 0.25) is 0 Å². The van der Waals surface area contributed by atoms with Crippen molar-refractivity contribution >= 4 is 0 Å². The van der Waals surface area contributed by atoms with Crippen molar-refractivity contribution in [2.45, 2.75) is 47.1 Å². The van der Waals surface area contributed by atoms with Gasteiger partial charge in [-0.25, -0.2) is 0 Å². The normalized spacial score (nSPS) is 14.3. The van der Waals surface area contributed by atoms with Gasteiger partial charge in [0, 0.05) is 32.3 Å². The molecule has 0 aromatic carbocycles. The van der Waals surface area contributed by atoms with Crippen molar-refractivity contribution in [1.82, 2.24) is 10.2 Å². The molecule has 0 aliphatic rings. The summed E-state index contributed by atoms with van der Waals surface area (Å²) in [5.74, 6) is 0. The maximum atomic E-state index is 5.29. The third-order valence-electron chi connectivity index (χ3n) is 3.40. The van der Waals surface area contributed by atoms with Crippen molar-refractivity contribution in [2.24, 2.45) is 5.41 Å². The van der Waals surface area contributed by atoms with Crippen LogP contribution in [0.5, 0.6) is 0 Å². The molecular weight excluding hydrogens is 212 g/mol. The predicted molar refractivity (Wildman–Crippen MR) is 75.5 cm³/mol. The number of hydrogen-bond donors (Lipinski definition) is 1. The molecule has 17 heavy (non-hydrogen) atoms. The Balaban J connectivity index is 3.48. The molecule has 0 aromatic rings. The fourth-order valence-electron chi connectivity index (χ4n) is 1.68. The third kappa shape index (κ3) is 8.58. The number of likely N-dealkylation sites (N-methyl/N-ethyl adjacent to an activating group) is 1. The summed E-state index contributed by atoms with van der Waals surface area (Å²) in [5, 5.41) is 3.46. The number of rotatable bonds is 9. The fourth-order valence-corrected chi connectivity index (χ4v) is 1.68. The summed E-state index contributed by atoms with van der Waals surface area (Å²) in [6.07, 6.45) is 1.10. The molecule has 0 aliphatic heterocycles. The largest absolute Gasteiger partial charge is 0.382 e. The van der Waals surface area contributed by atoms with Gasteiger partial charge in [-0.1, -0.05) is 20.8 Å². The summed E-state index contributed by atoms with van der Waals surface area (Å²) in [5.41, 5.74) is 0.351. The Morgan fingerprint density at radius 1 is 1.24 bits per heavy atom. The van der Waals surface area contributed by atoms with Crippen molar-refractivity contribution in [1.29, 1.82) is 0 Å². The molecule has 0 aliphatic carbocycles. The van der Waals surface area contributed by atoms with Gasteiger partial charge in [0.25, 0.3) is 0 Å². The first-order valence-electron chi connectivity index (χ1n) is 6.88. The molecule has 0 heterocycles. The van der Waals surface area contributed by atoms with Gasteiger partial charge in [0.15, 0.2) is 0 Å². The summed E-state index contributed by atoms with van der Waals surface area (Å²) < 4.78 is 5.29. The number of hydrogen-bond acceptors (Lipinski definition) is 3. The van der Waals surface area contributed by atoms with E-state index in [1.54, 1.807) is 0 Å². The van der Waals surface area contributed by atoms with E-state index >= 15 is 0 Å². The van der Waals surface area contributed by atoms with Crippen LogP contribution < -0.4 is 5.32 Å². The van der Waals surface area contributed by atoms with Crippen molar-refractivity contribution in [3.05, 3.63) is 0 Å². The molecule has 0 bridgehead atoms. The first-order valence-corrected chi connectivity index (χ1v) is 6.88. The van der Waals surface area contributed by atoms with Crippen molar-refractivity contribution < 1.29 is 4.74 Å². The summed E-state index contributed by atoms with van der Waals surface area (Å²) in [6.45, 7) is 16.1. The zero-order valence-corrected chi connectivity index (χ0v) is 12.7. The predicted octanol–water partition coefficient (Wildman–Crippen LogP) is 2.37. The maximum absolute atomic E-state index is 5.29. The lowest BCUT2D eigenvalue weighted by Gasteiger charge is -2.35. The van der Waals surface area contributed by atoms with Gasteiger partial charge in [-0.15, -0.1) is 0 Å². The Labute approximate surface area is 108 Å². The molecule has 1 atom stereocenters. The maximum Gasteiger partial charge on any atom is 0.0477 e. The molecular formula is C14H32N2O. The summed E-state index contributed by atoms with van der Waals surface area (Å²) in [7, 11) is 2.21. The van der Waals surface area contributed by atoms with Crippen LogP contribution >= 0.6 is 0 Å². The highest BCUT2D eigenvalue weighted by Gasteiger charge is 2.23. The zero-order valence-electron chi connectivity index (χ0n) is 12.7. The molecule has 0 spiro atoms. The molecule has 0 amide bonds. The fraction of sp³-hybridized carbons (Fsp3) is 1.00. The monoisotopic (exact) mass is 244 g/mol. The highest BCUT2D eigenvalue weighted by molar-refractivity contribution is 4.77. The highest BCUT2D eigenvalue weighted by Crippen LogP contribution is 2.22. The topological polar surface area (TPSA) is 24.5 Å². The van der Waals surface area contributed by atoms with Crippen molar-refractivity contribution in [3.63, 3.8) is 0 Å². The molecule has 0 saturated carbocycles. The Bertz CT molecular complexity index is 178. The van der Waals surface area contributed by atoms with Gasteiger partial charge in [0.05, 0.1) is 0 Å². The van der Waals surface area contributed by atoms with Crippen LogP contribution in [0.1, 0.15) is 41.0 Å². The molecule has 104 valence electrons. The van der Waals surface area contributed by atoms with E-state index in [1.165, 1.54) is 0 Å². The van der Waals surface area contributed by atoms with Gasteiger partial charge in [-0.3, -0.25) is 0 Å². The van der Waals surface area contributed by atoms with E-state index in [0.29, 0.717) is 11.5 Å². The molecule has 0 fully saturated rings. The molecule has 3 nitrogen and oxygen atoms in total. The standard InChI is InChI=1S/C14H32N2O/c1-7-17-12-8-9-15-10-11-16(6)13(2)14(3,4)5/h13,15H,7-12H2,1-6H3. The Morgan fingerprint density at radius 2 is 1.88 bits per heavy atom. The molecule has 3 heteroatoms. The van der Waals surface area contributed by atoms with E-state index in [0.717, 1.165) is 39.3 Å². The van der Waals surface area contributed by atoms with Crippen LogP contribution in [0.15, 0.2) is 0 Å². The van der Waals surface area contributed by atoms with E-state index in [1.807, 2.05) is 6.92 Å². The average molecular weight is 244 g/mol. The smallest absolute Gasteiger partial charge is 0.0477 e. The van der Waals surface area contributed by atoms with E-state index in [9.17, 15) is 0 Å². The molecule has 0 rings (SSSR count). The van der Waals surface area contributed by atoms with Gasteiger partial charge in [-0.05, 0) is 39.3 Å². The van der Waals surface area contributed by atoms with E-state index < -0.39 is 0 Å². The molecule has 0 saturated heterocycles. The summed E-state index contributed by atoms with van der Waals surface area (Å²) >= 11 is 0. The van der Waals surface area contributed by atoms with Gasteiger partial charge >= 0.3 is 0 Å². The van der Waals surface area contributed by atoms with Gasteiger partial charge in [-0.2, -0.15) is 0 Å². The molecule has 1 unspecified atom stereocenters. The lowest BCUT2D eigenvalue weighted by Crippen LogP contribution is -2.42. The number of nitrogens with one attached hydrogen (secondary N) is 1. The minimum Gasteiger partial charge on any atom is -0.382 e. The van der Waals surface area contributed by atoms with E-state index in [4.69, 9.17) is 4.74 Å².